The van der Waals surface area contributed by atoms with Gasteiger partial charge in [-0.15, -0.1) is 0 Å². The molecule has 1 fully saturated rings. The Labute approximate surface area is 104 Å². The second kappa shape index (κ2) is 6.17. The molecule has 1 aliphatic rings. The van der Waals surface area contributed by atoms with E-state index in [0.29, 0.717) is 0 Å². The van der Waals surface area contributed by atoms with E-state index in [1.165, 1.54) is 32.2 Å². The Hall–Kier alpha value is -0.870. The maximum absolute atomic E-state index is 4.34. The number of aryl methyl sites for hydroxylation is 1. The van der Waals surface area contributed by atoms with Crippen molar-refractivity contribution in [2.75, 3.05) is 20.1 Å². The van der Waals surface area contributed by atoms with Gasteiger partial charge in [0, 0.05) is 25.5 Å². The topological polar surface area (TPSA) is 33.1 Å². The Balaban J connectivity index is 1.54. The molecule has 1 aliphatic carbocycles. The number of nitrogens with zero attached hydrogens (tertiary/aromatic N) is 3. The normalized spacial score (nSPS) is 15.7. The minimum atomic E-state index is 0.847. The molecular weight excluding hydrogens is 212 g/mol. The predicted molar refractivity (Wildman–Crippen MR) is 69.8 cm³/mol. The van der Waals surface area contributed by atoms with Crippen molar-refractivity contribution in [3.05, 3.63) is 18.2 Å². The van der Waals surface area contributed by atoms with Gasteiger partial charge in [-0.3, -0.25) is 4.90 Å². The molecule has 1 N–H and O–H groups in total. The van der Waals surface area contributed by atoms with Crippen molar-refractivity contribution in [3.63, 3.8) is 0 Å². The van der Waals surface area contributed by atoms with Crippen LogP contribution in [-0.4, -0.2) is 40.6 Å². The van der Waals surface area contributed by atoms with Gasteiger partial charge in [0.1, 0.15) is 5.82 Å². The van der Waals surface area contributed by atoms with Crippen LogP contribution >= 0.6 is 0 Å². The first-order valence-corrected chi connectivity index (χ1v) is 6.64. The standard InChI is InChI=1S/C13H24N4/c1-16(11-13-15-8-10-17(13)2)9-4-3-7-14-12-5-6-12/h8,10,12,14H,3-7,9,11H2,1-2H3. The molecule has 0 bridgehead atoms. The molecule has 1 aromatic rings. The molecule has 0 atom stereocenters. The van der Waals surface area contributed by atoms with Crippen molar-refractivity contribution in [3.8, 4) is 0 Å². The van der Waals surface area contributed by atoms with Crippen LogP contribution in [0.2, 0.25) is 0 Å². The molecule has 0 saturated heterocycles. The van der Waals surface area contributed by atoms with Crippen molar-refractivity contribution in [1.82, 2.24) is 19.8 Å². The van der Waals surface area contributed by atoms with E-state index in [1.807, 2.05) is 12.4 Å². The van der Waals surface area contributed by atoms with Gasteiger partial charge in [-0.25, -0.2) is 4.98 Å². The summed E-state index contributed by atoms with van der Waals surface area (Å²) in [5, 5.41) is 3.55. The highest BCUT2D eigenvalue weighted by Crippen LogP contribution is 2.18. The van der Waals surface area contributed by atoms with Crippen molar-refractivity contribution in [2.45, 2.75) is 38.3 Å². The fourth-order valence-corrected chi connectivity index (χ4v) is 1.97. The Morgan fingerprint density at radius 2 is 2.29 bits per heavy atom. The van der Waals surface area contributed by atoms with Gasteiger partial charge in [0.05, 0.1) is 6.54 Å². The summed E-state index contributed by atoms with van der Waals surface area (Å²) in [6.45, 7) is 3.28. The summed E-state index contributed by atoms with van der Waals surface area (Å²) in [5.41, 5.74) is 0. The van der Waals surface area contributed by atoms with Crippen molar-refractivity contribution in [2.24, 2.45) is 7.05 Å². The quantitative estimate of drug-likeness (QED) is 0.692. The highest BCUT2D eigenvalue weighted by atomic mass is 15.1. The van der Waals surface area contributed by atoms with Crippen LogP contribution in [0.15, 0.2) is 12.4 Å². The second-order valence-electron chi connectivity index (χ2n) is 5.13. The Bertz CT molecular complexity index is 330. The van der Waals surface area contributed by atoms with E-state index in [4.69, 9.17) is 0 Å². The van der Waals surface area contributed by atoms with Crippen LogP contribution in [0.1, 0.15) is 31.5 Å². The highest BCUT2D eigenvalue weighted by Gasteiger charge is 2.19. The maximum Gasteiger partial charge on any atom is 0.122 e. The summed E-state index contributed by atoms with van der Waals surface area (Å²) >= 11 is 0. The average Bonchev–Trinajstić information content (AvgIpc) is 3.04. The first-order valence-electron chi connectivity index (χ1n) is 6.64. The second-order valence-corrected chi connectivity index (χ2v) is 5.13. The number of hydrogen-bond donors (Lipinski definition) is 1. The molecule has 0 aliphatic heterocycles. The first kappa shape index (κ1) is 12.6. The molecule has 1 saturated carbocycles. The molecule has 0 spiro atoms. The molecule has 1 heterocycles. The molecule has 4 nitrogen and oxygen atoms in total. The molecule has 4 heteroatoms. The number of nitrogens with one attached hydrogen (secondary N) is 1. The Kier molecular flexibility index (Phi) is 4.57. The van der Waals surface area contributed by atoms with E-state index in [0.717, 1.165) is 25.0 Å². The van der Waals surface area contributed by atoms with E-state index in [1.54, 1.807) is 0 Å². The number of unbranched alkanes of at least 4 members (excludes halogenated alkanes) is 1. The third kappa shape index (κ3) is 4.48. The predicted octanol–water partition coefficient (Wildman–Crippen LogP) is 1.38. The summed E-state index contributed by atoms with van der Waals surface area (Å²) in [5.74, 6) is 1.14. The SMILES string of the molecule is CN(CCCCNC1CC1)Cc1nccn1C. The third-order valence-electron chi connectivity index (χ3n) is 3.31. The zero-order valence-electron chi connectivity index (χ0n) is 11.0. The fourth-order valence-electron chi connectivity index (χ4n) is 1.97. The number of hydrogen-bond acceptors (Lipinski definition) is 3. The van der Waals surface area contributed by atoms with Crippen LogP contribution in [-0.2, 0) is 13.6 Å². The summed E-state index contributed by atoms with van der Waals surface area (Å²) in [6, 6.07) is 0.847. The summed E-state index contributed by atoms with van der Waals surface area (Å²) < 4.78 is 2.09. The van der Waals surface area contributed by atoms with Gasteiger partial charge in [-0.2, -0.15) is 0 Å². The van der Waals surface area contributed by atoms with Gasteiger partial charge in [-0.1, -0.05) is 0 Å². The lowest BCUT2D eigenvalue weighted by molar-refractivity contribution is 0.306. The van der Waals surface area contributed by atoms with Gasteiger partial charge >= 0.3 is 0 Å². The minimum Gasteiger partial charge on any atom is -0.337 e. The van der Waals surface area contributed by atoms with Crippen LogP contribution in [0.5, 0.6) is 0 Å². The van der Waals surface area contributed by atoms with Gasteiger partial charge < -0.3 is 9.88 Å². The van der Waals surface area contributed by atoms with E-state index in [9.17, 15) is 0 Å². The lowest BCUT2D eigenvalue weighted by Crippen LogP contribution is -2.23. The maximum atomic E-state index is 4.34. The number of rotatable bonds is 8. The van der Waals surface area contributed by atoms with Crippen molar-refractivity contribution in [1.29, 1.82) is 0 Å². The van der Waals surface area contributed by atoms with Crippen LogP contribution in [0.3, 0.4) is 0 Å². The molecule has 17 heavy (non-hydrogen) atoms. The van der Waals surface area contributed by atoms with Gasteiger partial charge in [0.2, 0.25) is 0 Å². The molecule has 0 aromatic carbocycles. The lowest BCUT2D eigenvalue weighted by atomic mass is 10.3. The molecular formula is C13H24N4. The molecule has 0 radical (unpaired) electrons. The average molecular weight is 236 g/mol. The van der Waals surface area contributed by atoms with Crippen LogP contribution in [0.25, 0.3) is 0 Å². The largest absolute Gasteiger partial charge is 0.337 e. The monoisotopic (exact) mass is 236 g/mol. The van der Waals surface area contributed by atoms with Crippen LogP contribution in [0, 0.1) is 0 Å². The molecule has 0 amide bonds. The zero-order valence-corrected chi connectivity index (χ0v) is 11.0. The zero-order chi connectivity index (χ0) is 12.1. The third-order valence-corrected chi connectivity index (χ3v) is 3.31. The van der Waals surface area contributed by atoms with Crippen molar-refractivity contribution < 1.29 is 0 Å². The smallest absolute Gasteiger partial charge is 0.122 e. The number of aromatic nitrogens is 2. The van der Waals surface area contributed by atoms with Crippen LogP contribution in [0.4, 0.5) is 0 Å². The fraction of sp³-hybridized carbons (Fsp3) is 0.769. The summed E-state index contributed by atoms with van der Waals surface area (Å²) in [4.78, 5) is 6.69. The molecule has 1 aromatic heterocycles. The minimum absolute atomic E-state index is 0.847. The lowest BCUT2D eigenvalue weighted by Gasteiger charge is -2.16. The van der Waals surface area contributed by atoms with E-state index in [2.05, 4.69) is 33.9 Å². The van der Waals surface area contributed by atoms with E-state index < -0.39 is 0 Å². The van der Waals surface area contributed by atoms with Gasteiger partial charge in [0.25, 0.3) is 0 Å². The first-order chi connectivity index (χ1) is 8.25. The van der Waals surface area contributed by atoms with Crippen LogP contribution < -0.4 is 5.32 Å². The summed E-state index contributed by atoms with van der Waals surface area (Å²) in [7, 11) is 4.22. The van der Waals surface area contributed by atoms with Gasteiger partial charge in [-0.05, 0) is 45.8 Å². The van der Waals surface area contributed by atoms with E-state index in [-0.39, 0.29) is 0 Å². The van der Waals surface area contributed by atoms with Gasteiger partial charge in [0.15, 0.2) is 0 Å². The highest BCUT2D eigenvalue weighted by molar-refractivity contribution is 4.90. The number of imidazole rings is 1. The molecule has 96 valence electrons. The molecule has 0 unspecified atom stereocenters. The Morgan fingerprint density at radius 1 is 1.47 bits per heavy atom. The summed E-state index contributed by atoms with van der Waals surface area (Å²) in [6.07, 6.45) is 9.19. The molecule has 2 rings (SSSR count). The Morgan fingerprint density at radius 3 is 2.94 bits per heavy atom. The van der Waals surface area contributed by atoms with E-state index >= 15 is 0 Å². The van der Waals surface area contributed by atoms with Crippen molar-refractivity contribution >= 4 is 0 Å².